The van der Waals surface area contributed by atoms with Crippen LogP contribution in [-0.2, 0) is 11.8 Å². The second-order valence-electron chi connectivity index (χ2n) is 3.87. The predicted octanol–water partition coefficient (Wildman–Crippen LogP) is 0.0759. The number of thioether (sulfide) groups is 1. The summed E-state index contributed by atoms with van der Waals surface area (Å²) in [6.07, 6.45) is 0. The van der Waals surface area contributed by atoms with Crippen molar-refractivity contribution in [1.82, 2.24) is 25.6 Å². The van der Waals surface area contributed by atoms with Crippen molar-refractivity contribution in [3.05, 3.63) is 35.9 Å². The summed E-state index contributed by atoms with van der Waals surface area (Å²) >= 11 is 1.41. The van der Waals surface area contributed by atoms with Crippen LogP contribution in [-0.4, -0.2) is 31.9 Å². The van der Waals surface area contributed by atoms with Crippen molar-refractivity contribution < 1.29 is 4.79 Å². The summed E-state index contributed by atoms with van der Waals surface area (Å²) in [6.45, 7) is 0. The average molecular weight is 278 g/mol. The van der Waals surface area contributed by atoms with Gasteiger partial charge in [-0.1, -0.05) is 42.1 Å². The molecule has 1 aromatic heterocycles. The molecule has 1 heterocycles. The molecular formula is C11H14N6OS. The number of nitrogens with one attached hydrogen (secondary N) is 1. The van der Waals surface area contributed by atoms with Crippen LogP contribution in [0.3, 0.4) is 0 Å². The Bertz CT molecular complexity index is 543. The topological polar surface area (TPSA) is 98.7 Å². The fourth-order valence-electron chi connectivity index (χ4n) is 1.61. The van der Waals surface area contributed by atoms with Gasteiger partial charge in [0.1, 0.15) is 0 Å². The van der Waals surface area contributed by atoms with Crippen LogP contribution in [0.25, 0.3) is 0 Å². The standard InChI is InChI=1S/C11H14N6OS/c1-17-11(14-15-16-17)19-7-9(10(18)13-12)8-5-3-2-4-6-8/h2-6,9H,7,12H2,1H3,(H,13,18). The first-order valence-electron chi connectivity index (χ1n) is 5.63. The number of carbonyl (C=O) groups excluding carboxylic acids is 1. The van der Waals surface area contributed by atoms with E-state index in [9.17, 15) is 4.79 Å². The third-order valence-corrected chi connectivity index (χ3v) is 3.73. The minimum atomic E-state index is -0.340. The highest BCUT2D eigenvalue weighted by Gasteiger charge is 2.21. The molecule has 100 valence electrons. The van der Waals surface area contributed by atoms with Crippen LogP contribution in [0.15, 0.2) is 35.5 Å². The van der Waals surface area contributed by atoms with Gasteiger partial charge in [-0.25, -0.2) is 10.5 Å². The van der Waals surface area contributed by atoms with Crippen molar-refractivity contribution in [3.8, 4) is 0 Å². The van der Waals surface area contributed by atoms with E-state index in [-0.39, 0.29) is 11.8 Å². The lowest BCUT2D eigenvalue weighted by Crippen LogP contribution is -2.35. The van der Waals surface area contributed by atoms with Gasteiger partial charge in [-0.15, -0.1) is 5.10 Å². The average Bonchev–Trinajstić information content (AvgIpc) is 2.85. The van der Waals surface area contributed by atoms with E-state index < -0.39 is 0 Å². The SMILES string of the molecule is Cn1nnnc1SCC(C(=O)NN)c1ccccc1. The second-order valence-corrected chi connectivity index (χ2v) is 4.86. The minimum Gasteiger partial charge on any atom is -0.294 e. The Morgan fingerprint density at radius 2 is 2.21 bits per heavy atom. The molecule has 0 bridgehead atoms. The molecule has 2 aromatic rings. The Hall–Kier alpha value is -1.93. The van der Waals surface area contributed by atoms with Crippen LogP contribution in [0.4, 0.5) is 0 Å². The molecule has 19 heavy (non-hydrogen) atoms. The fraction of sp³-hybridized carbons (Fsp3) is 0.273. The number of amides is 1. The molecule has 8 heteroatoms. The predicted molar refractivity (Wildman–Crippen MR) is 71.0 cm³/mol. The van der Waals surface area contributed by atoms with Crippen molar-refractivity contribution in [2.75, 3.05) is 5.75 Å². The Labute approximate surface area is 114 Å². The number of nitrogens with zero attached hydrogens (tertiary/aromatic N) is 4. The fourth-order valence-corrected chi connectivity index (χ4v) is 2.59. The number of hydrazine groups is 1. The third-order valence-electron chi connectivity index (χ3n) is 2.62. The van der Waals surface area contributed by atoms with Gasteiger partial charge in [0, 0.05) is 12.8 Å². The molecule has 1 atom stereocenters. The molecular weight excluding hydrogens is 264 g/mol. The number of aromatic nitrogens is 4. The number of hydrogen-bond donors (Lipinski definition) is 2. The highest BCUT2D eigenvalue weighted by molar-refractivity contribution is 7.99. The Morgan fingerprint density at radius 1 is 1.47 bits per heavy atom. The molecule has 3 N–H and O–H groups in total. The van der Waals surface area contributed by atoms with Gasteiger partial charge in [0.15, 0.2) is 0 Å². The molecule has 1 aromatic carbocycles. The monoisotopic (exact) mass is 278 g/mol. The molecule has 2 rings (SSSR count). The van der Waals surface area contributed by atoms with Gasteiger partial charge in [-0.3, -0.25) is 10.2 Å². The molecule has 0 fully saturated rings. The van der Waals surface area contributed by atoms with Gasteiger partial charge in [0.05, 0.1) is 5.92 Å². The molecule has 0 spiro atoms. The summed E-state index contributed by atoms with van der Waals surface area (Å²) in [6, 6.07) is 9.48. The highest BCUT2D eigenvalue weighted by Crippen LogP contribution is 2.24. The van der Waals surface area contributed by atoms with Crippen molar-refractivity contribution in [2.24, 2.45) is 12.9 Å². The summed E-state index contributed by atoms with van der Waals surface area (Å²) in [5, 5.41) is 11.8. The Morgan fingerprint density at radius 3 is 2.79 bits per heavy atom. The van der Waals surface area contributed by atoms with E-state index in [2.05, 4.69) is 21.0 Å². The first kappa shape index (κ1) is 13.5. The summed E-state index contributed by atoms with van der Waals surface area (Å²) in [4.78, 5) is 11.8. The third kappa shape index (κ3) is 3.30. The lowest BCUT2D eigenvalue weighted by molar-refractivity contribution is -0.122. The molecule has 1 amide bonds. The summed E-state index contributed by atoms with van der Waals surface area (Å²) < 4.78 is 1.56. The van der Waals surface area contributed by atoms with Gasteiger partial charge in [0.25, 0.3) is 0 Å². The molecule has 7 nitrogen and oxygen atoms in total. The van der Waals surface area contributed by atoms with Gasteiger partial charge in [0.2, 0.25) is 11.1 Å². The van der Waals surface area contributed by atoms with E-state index in [4.69, 9.17) is 5.84 Å². The minimum absolute atomic E-state index is 0.228. The molecule has 0 aliphatic heterocycles. The zero-order chi connectivity index (χ0) is 13.7. The number of hydrogen-bond acceptors (Lipinski definition) is 6. The summed E-state index contributed by atoms with van der Waals surface area (Å²) in [5.74, 6) is 5.18. The molecule has 0 aliphatic carbocycles. The highest BCUT2D eigenvalue weighted by atomic mass is 32.2. The van der Waals surface area contributed by atoms with Gasteiger partial charge < -0.3 is 0 Å². The summed E-state index contributed by atoms with van der Waals surface area (Å²) in [7, 11) is 1.75. The maximum Gasteiger partial charge on any atom is 0.242 e. The lowest BCUT2D eigenvalue weighted by atomic mass is 10.0. The van der Waals surface area contributed by atoms with E-state index in [1.165, 1.54) is 11.8 Å². The van der Waals surface area contributed by atoms with E-state index in [0.29, 0.717) is 10.9 Å². The zero-order valence-corrected chi connectivity index (χ0v) is 11.2. The summed E-state index contributed by atoms with van der Waals surface area (Å²) in [5.41, 5.74) is 3.11. The molecule has 0 radical (unpaired) electrons. The first-order chi connectivity index (χ1) is 9.22. The van der Waals surface area contributed by atoms with Crippen LogP contribution >= 0.6 is 11.8 Å². The van der Waals surface area contributed by atoms with Crippen LogP contribution in [0.2, 0.25) is 0 Å². The van der Waals surface area contributed by atoms with E-state index in [1.54, 1.807) is 11.7 Å². The first-order valence-corrected chi connectivity index (χ1v) is 6.61. The van der Waals surface area contributed by atoms with Crippen molar-refractivity contribution in [3.63, 3.8) is 0 Å². The number of carbonyl (C=O) groups is 1. The molecule has 0 saturated carbocycles. The largest absolute Gasteiger partial charge is 0.294 e. The normalized spacial score (nSPS) is 12.1. The van der Waals surface area contributed by atoms with Gasteiger partial charge >= 0.3 is 0 Å². The maximum absolute atomic E-state index is 11.8. The second kappa shape index (κ2) is 6.30. The molecule has 1 unspecified atom stereocenters. The zero-order valence-electron chi connectivity index (χ0n) is 10.4. The van der Waals surface area contributed by atoms with Crippen molar-refractivity contribution >= 4 is 17.7 Å². The Kier molecular flexibility index (Phi) is 4.48. The van der Waals surface area contributed by atoms with Crippen LogP contribution in [0, 0.1) is 0 Å². The number of aryl methyl sites for hydroxylation is 1. The van der Waals surface area contributed by atoms with Crippen molar-refractivity contribution in [2.45, 2.75) is 11.1 Å². The number of rotatable bonds is 5. The van der Waals surface area contributed by atoms with Gasteiger partial charge in [-0.2, -0.15) is 0 Å². The maximum atomic E-state index is 11.8. The number of tetrazole rings is 1. The lowest BCUT2D eigenvalue weighted by Gasteiger charge is -2.14. The van der Waals surface area contributed by atoms with Crippen LogP contribution in [0.1, 0.15) is 11.5 Å². The van der Waals surface area contributed by atoms with Crippen molar-refractivity contribution in [1.29, 1.82) is 0 Å². The number of nitrogens with two attached hydrogens (primary N) is 1. The number of benzene rings is 1. The van der Waals surface area contributed by atoms with E-state index in [1.807, 2.05) is 30.3 Å². The van der Waals surface area contributed by atoms with Gasteiger partial charge in [-0.05, 0) is 16.0 Å². The van der Waals surface area contributed by atoms with E-state index in [0.717, 1.165) is 5.56 Å². The van der Waals surface area contributed by atoms with E-state index >= 15 is 0 Å². The molecule has 0 aliphatic rings. The van der Waals surface area contributed by atoms with Crippen LogP contribution < -0.4 is 11.3 Å². The van der Waals surface area contributed by atoms with Crippen LogP contribution in [0.5, 0.6) is 0 Å². The molecule has 0 saturated heterocycles. The quantitative estimate of drug-likeness (QED) is 0.348. The smallest absolute Gasteiger partial charge is 0.242 e. The Balaban J connectivity index is 2.11.